The second-order valence-electron chi connectivity index (χ2n) is 4.26. The number of nitrogens with zero attached hydrogens (tertiary/aromatic N) is 1. The van der Waals surface area contributed by atoms with Crippen molar-refractivity contribution in [3.05, 3.63) is 52.9 Å². The minimum Gasteiger partial charge on any atom is -0.316 e. The standard InChI is InChI=1S/C13H13ClFN3O2S/c1-16-7-9-2-5-13(17-8-9)21(19,20)18-12-6-10(15)3-4-11(12)14/h2-6,8,16,18H,7H2,1H3. The molecule has 0 aliphatic heterocycles. The van der Waals surface area contributed by atoms with Crippen LogP contribution >= 0.6 is 11.6 Å². The lowest BCUT2D eigenvalue weighted by Gasteiger charge is -2.09. The molecular weight excluding hydrogens is 317 g/mol. The molecule has 0 aliphatic carbocycles. The Morgan fingerprint density at radius 1 is 1.29 bits per heavy atom. The van der Waals surface area contributed by atoms with Gasteiger partial charge in [0.25, 0.3) is 10.0 Å². The first-order valence-electron chi connectivity index (χ1n) is 6.00. The van der Waals surface area contributed by atoms with E-state index in [9.17, 15) is 12.8 Å². The predicted octanol–water partition coefficient (Wildman–Crippen LogP) is 2.39. The van der Waals surface area contributed by atoms with Crippen LogP contribution in [0.2, 0.25) is 5.02 Å². The molecule has 2 N–H and O–H groups in total. The molecule has 0 atom stereocenters. The highest BCUT2D eigenvalue weighted by atomic mass is 35.5. The average Bonchev–Trinajstić information content (AvgIpc) is 2.44. The van der Waals surface area contributed by atoms with Gasteiger partial charge in [0.15, 0.2) is 5.03 Å². The number of hydrogen-bond acceptors (Lipinski definition) is 4. The third-order valence-corrected chi connectivity index (χ3v) is 4.24. The van der Waals surface area contributed by atoms with Gasteiger partial charge in [-0.1, -0.05) is 17.7 Å². The number of pyridine rings is 1. The zero-order chi connectivity index (χ0) is 15.5. The lowest BCUT2D eigenvalue weighted by Crippen LogP contribution is -2.15. The first-order valence-corrected chi connectivity index (χ1v) is 7.86. The van der Waals surface area contributed by atoms with E-state index in [-0.39, 0.29) is 15.7 Å². The summed E-state index contributed by atoms with van der Waals surface area (Å²) in [4.78, 5) is 3.89. The molecule has 2 rings (SSSR count). The second kappa shape index (κ2) is 6.38. The van der Waals surface area contributed by atoms with Crippen LogP contribution in [0.5, 0.6) is 0 Å². The van der Waals surface area contributed by atoms with Crippen LogP contribution in [0.1, 0.15) is 5.56 Å². The van der Waals surface area contributed by atoms with Crippen molar-refractivity contribution in [1.29, 1.82) is 0 Å². The summed E-state index contributed by atoms with van der Waals surface area (Å²) < 4.78 is 39.7. The number of aromatic nitrogens is 1. The largest absolute Gasteiger partial charge is 0.316 e. The number of benzene rings is 1. The molecule has 0 spiro atoms. The lowest BCUT2D eigenvalue weighted by atomic mass is 10.3. The quantitative estimate of drug-likeness (QED) is 0.883. The van der Waals surface area contributed by atoms with Gasteiger partial charge in [-0.15, -0.1) is 0 Å². The number of anilines is 1. The molecule has 0 fully saturated rings. The van der Waals surface area contributed by atoms with Crippen molar-refractivity contribution >= 4 is 27.3 Å². The minimum absolute atomic E-state index is 0.0298. The van der Waals surface area contributed by atoms with Gasteiger partial charge in [0.2, 0.25) is 0 Å². The van der Waals surface area contributed by atoms with Gasteiger partial charge in [-0.25, -0.2) is 9.37 Å². The molecule has 1 aromatic carbocycles. The van der Waals surface area contributed by atoms with E-state index in [0.29, 0.717) is 6.54 Å². The van der Waals surface area contributed by atoms with E-state index in [0.717, 1.165) is 17.7 Å². The van der Waals surface area contributed by atoms with Crippen LogP contribution in [-0.2, 0) is 16.6 Å². The molecule has 0 radical (unpaired) electrons. The molecule has 0 saturated carbocycles. The predicted molar refractivity (Wildman–Crippen MR) is 79.2 cm³/mol. The van der Waals surface area contributed by atoms with Crippen molar-refractivity contribution in [3.63, 3.8) is 0 Å². The number of hydrogen-bond donors (Lipinski definition) is 2. The molecule has 8 heteroatoms. The Labute approximate surface area is 127 Å². The normalized spacial score (nSPS) is 11.4. The van der Waals surface area contributed by atoms with Gasteiger partial charge in [-0.3, -0.25) is 4.72 Å². The van der Waals surface area contributed by atoms with Crippen molar-refractivity contribution in [2.24, 2.45) is 0 Å². The van der Waals surface area contributed by atoms with Gasteiger partial charge < -0.3 is 5.32 Å². The van der Waals surface area contributed by atoms with Crippen molar-refractivity contribution in [1.82, 2.24) is 10.3 Å². The number of sulfonamides is 1. The summed E-state index contributed by atoms with van der Waals surface area (Å²) in [6.45, 7) is 0.580. The summed E-state index contributed by atoms with van der Waals surface area (Å²) >= 11 is 5.83. The SMILES string of the molecule is CNCc1ccc(S(=O)(=O)Nc2cc(F)ccc2Cl)nc1. The lowest BCUT2D eigenvalue weighted by molar-refractivity contribution is 0.597. The van der Waals surface area contributed by atoms with Crippen molar-refractivity contribution in [3.8, 4) is 0 Å². The first-order chi connectivity index (χ1) is 9.92. The van der Waals surface area contributed by atoms with Gasteiger partial charge in [-0.2, -0.15) is 8.42 Å². The van der Waals surface area contributed by atoms with E-state index in [4.69, 9.17) is 11.6 Å². The third-order valence-electron chi connectivity index (χ3n) is 2.63. The molecule has 21 heavy (non-hydrogen) atoms. The number of rotatable bonds is 5. The first kappa shape index (κ1) is 15.7. The smallest absolute Gasteiger partial charge is 0.279 e. The second-order valence-corrected chi connectivity index (χ2v) is 6.30. The van der Waals surface area contributed by atoms with Crippen LogP contribution in [-0.4, -0.2) is 20.4 Å². The van der Waals surface area contributed by atoms with Crippen LogP contribution in [0.3, 0.4) is 0 Å². The Bertz CT molecular complexity index is 736. The van der Waals surface area contributed by atoms with E-state index < -0.39 is 15.8 Å². The van der Waals surface area contributed by atoms with Crippen LogP contribution in [0, 0.1) is 5.82 Å². The summed E-state index contributed by atoms with van der Waals surface area (Å²) in [5.41, 5.74) is 0.818. The third kappa shape index (κ3) is 3.90. The van der Waals surface area contributed by atoms with Gasteiger partial charge in [0.05, 0.1) is 10.7 Å². The fourth-order valence-electron chi connectivity index (χ4n) is 1.65. The van der Waals surface area contributed by atoms with E-state index in [1.54, 1.807) is 13.1 Å². The summed E-state index contributed by atoms with van der Waals surface area (Å²) in [7, 11) is -2.14. The van der Waals surface area contributed by atoms with Crippen LogP contribution < -0.4 is 10.0 Å². The van der Waals surface area contributed by atoms with Gasteiger partial charge in [-0.05, 0) is 36.9 Å². The maximum atomic E-state index is 13.1. The van der Waals surface area contributed by atoms with Gasteiger partial charge in [0.1, 0.15) is 5.82 Å². The van der Waals surface area contributed by atoms with Crippen LogP contribution in [0.25, 0.3) is 0 Å². The van der Waals surface area contributed by atoms with Crippen molar-refractivity contribution in [2.45, 2.75) is 11.6 Å². The topological polar surface area (TPSA) is 71.1 Å². The summed E-state index contributed by atoms with van der Waals surface area (Å²) in [5.74, 6) is -0.588. The van der Waals surface area contributed by atoms with Crippen molar-refractivity contribution in [2.75, 3.05) is 11.8 Å². The molecule has 2 aromatic rings. The number of nitrogens with one attached hydrogen (secondary N) is 2. The van der Waals surface area contributed by atoms with Gasteiger partial charge >= 0.3 is 0 Å². The maximum Gasteiger partial charge on any atom is 0.279 e. The highest BCUT2D eigenvalue weighted by Gasteiger charge is 2.17. The molecule has 5 nitrogen and oxygen atoms in total. The fourth-order valence-corrected chi connectivity index (χ4v) is 2.87. The molecule has 0 saturated heterocycles. The molecule has 1 aromatic heterocycles. The Balaban J connectivity index is 2.27. The minimum atomic E-state index is -3.92. The molecule has 0 unspecified atom stereocenters. The molecule has 1 heterocycles. The molecule has 112 valence electrons. The summed E-state index contributed by atoms with van der Waals surface area (Å²) in [6, 6.07) is 6.45. The van der Waals surface area contributed by atoms with Crippen molar-refractivity contribution < 1.29 is 12.8 Å². The van der Waals surface area contributed by atoms with E-state index >= 15 is 0 Å². The fraction of sp³-hybridized carbons (Fsp3) is 0.154. The molecular formula is C13H13ClFN3O2S. The highest BCUT2D eigenvalue weighted by molar-refractivity contribution is 7.92. The Hall–Kier alpha value is -1.70. The monoisotopic (exact) mass is 329 g/mol. The van der Waals surface area contributed by atoms with E-state index in [1.165, 1.54) is 18.3 Å². The zero-order valence-electron chi connectivity index (χ0n) is 11.1. The average molecular weight is 330 g/mol. The zero-order valence-corrected chi connectivity index (χ0v) is 12.7. The van der Waals surface area contributed by atoms with Crippen LogP contribution in [0.15, 0.2) is 41.6 Å². The van der Waals surface area contributed by atoms with Crippen LogP contribution in [0.4, 0.5) is 10.1 Å². The van der Waals surface area contributed by atoms with Gasteiger partial charge in [0, 0.05) is 12.7 Å². The highest BCUT2D eigenvalue weighted by Crippen LogP contribution is 2.24. The molecule has 0 bridgehead atoms. The Kier molecular flexibility index (Phi) is 4.76. The summed E-state index contributed by atoms with van der Waals surface area (Å²) in [6.07, 6.45) is 1.46. The van der Waals surface area contributed by atoms with E-state index in [2.05, 4.69) is 15.0 Å². The molecule has 0 amide bonds. The molecule has 0 aliphatic rings. The summed E-state index contributed by atoms with van der Waals surface area (Å²) in [5, 5.41) is 2.87. The van der Waals surface area contributed by atoms with E-state index in [1.807, 2.05) is 0 Å². The Morgan fingerprint density at radius 2 is 2.05 bits per heavy atom. The maximum absolute atomic E-state index is 13.1. The number of halogens is 2. The Morgan fingerprint density at radius 3 is 2.67 bits per heavy atom.